The fourth-order valence-corrected chi connectivity index (χ4v) is 4.31. The molecular weight excluding hydrogens is 447 g/mol. The van der Waals surface area contributed by atoms with Crippen LogP contribution in [-0.4, -0.2) is 42.4 Å². The third-order valence-electron chi connectivity index (χ3n) is 6.08. The zero-order valence-corrected chi connectivity index (χ0v) is 19.5. The van der Waals surface area contributed by atoms with Gasteiger partial charge in [0.2, 0.25) is 5.95 Å². The van der Waals surface area contributed by atoms with Crippen molar-refractivity contribution in [3.63, 3.8) is 0 Å². The Labute approximate surface area is 203 Å². The second-order valence-corrected chi connectivity index (χ2v) is 8.46. The van der Waals surface area contributed by atoms with Crippen LogP contribution >= 0.6 is 0 Å². The highest BCUT2D eigenvalue weighted by Crippen LogP contribution is 2.46. The third kappa shape index (κ3) is 4.88. The van der Waals surface area contributed by atoms with Crippen molar-refractivity contribution in [3.05, 3.63) is 77.6 Å². The fourth-order valence-electron chi connectivity index (χ4n) is 4.31. The van der Waals surface area contributed by atoms with E-state index in [-0.39, 0.29) is 18.5 Å². The summed E-state index contributed by atoms with van der Waals surface area (Å²) in [6.45, 7) is 4.11. The minimum absolute atomic E-state index is 0.147. The highest BCUT2D eigenvalue weighted by atomic mass is 19.1. The number of benzene rings is 1. The number of rotatable bonds is 6. The predicted octanol–water partition coefficient (Wildman–Crippen LogP) is 5.07. The second kappa shape index (κ2) is 10.2. The molecular formula is C27H27FN4O3. The van der Waals surface area contributed by atoms with Crippen molar-refractivity contribution in [2.24, 2.45) is 10.7 Å². The Hall–Kier alpha value is -3.78. The maximum atomic E-state index is 14.4. The predicted molar refractivity (Wildman–Crippen MR) is 132 cm³/mol. The second-order valence-electron chi connectivity index (χ2n) is 8.46. The summed E-state index contributed by atoms with van der Waals surface area (Å²) in [5, 5.41) is 0. The quantitative estimate of drug-likeness (QED) is 0.305. The number of aliphatic imine (C=N–C) groups is 1. The Morgan fingerprint density at radius 2 is 2.09 bits per heavy atom. The molecule has 2 aliphatic rings. The summed E-state index contributed by atoms with van der Waals surface area (Å²) in [5.41, 5.74) is 10.8. The Kier molecular flexibility index (Phi) is 6.72. The van der Waals surface area contributed by atoms with Crippen LogP contribution in [0.4, 0.5) is 4.39 Å². The number of hydrogen-bond acceptors (Lipinski definition) is 6. The van der Waals surface area contributed by atoms with Gasteiger partial charge in [-0.25, -0.2) is 9.98 Å². The van der Waals surface area contributed by atoms with Crippen molar-refractivity contribution in [2.75, 3.05) is 26.4 Å². The number of amidine groups is 1. The molecule has 0 saturated heterocycles. The van der Waals surface area contributed by atoms with Gasteiger partial charge in [0.25, 0.3) is 6.02 Å². The number of pyridine rings is 2. The largest absolute Gasteiger partial charge is 0.464 e. The molecule has 1 aromatic carbocycles. The molecule has 0 aliphatic carbocycles. The van der Waals surface area contributed by atoms with Gasteiger partial charge in [0, 0.05) is 29.4 Å². The maximum Gasteiger partial charge on any atom is 0.281 e. The van der Waals surface area contributed by atoms with Gasteiger partial charge in [-0.05, 0) is 54.3 Å². The van der Waals surface area contributed by atoms with E-state index in [9.17, 15) is 4.39 Å². The molecule has 0 bridgehead atoms. The van der Waals surface area contributed by atoms with Gasteiger partial charge < -0.3 is 19.9 Å². The first-order valence-corrected chi connectivity index (χ1v) is 11.8. The molecule has 8 heteroatoms. The average molecular weight is 475 g/mol. The Bertz CT molecular complexity index is 1290. The number of fused-ring (bicyclic) bond motifs is 2. The average Bonchev–Trinajstić information content (AvgIpc) is 2.90. The standard InChI is InChI=1S/C27H27FN4O3/c1-2-9-31-27(29)34-16-22-20-12-17(19-6-3-10-30-26(19)28)7-8-24(20)35-25-14-32-23(13-21(22)25)18-5-4-11-33-15-18/h3,5-8,10,12-14,22H,2,4,9,11,15-16H2,1H3,(H2,29,31). The number of nitrogens with two attached hydrogens (primary N) is 1. The van der Waals surface area contributed by atoms with Crippen molar-refractivity contribution in [1.82, 2.24) is 9.97 Å². The molecule has 1 unspecified atom stereocenters. The monoisotopic (exact) mass is 474 g/mol. The summed E-state index contributed by atoms with van der Waals surface area (Å²) >= 11 is 0. The molecule has 0 fully saturated rings. The summed E-state index contributed by atoms with van der Waals surface area (Å²) < 4.78 is 32.1. The van der Waals surface area contributed by atoms with E-state index < -0.39 is 5.95 Å². The van der Waals surface area contributed by atoms with E-state index in [0.29, 0.717) is 42.4 Å². The zero-order chi connectivity index (χ0) is 24.2. The van der Waals surface area contributed by atoms with E-state index in [4.69, 9.17) is 19.9 Å². The van der Waals surface area contributed by atoms with Crippen molar-refractivity contribution < 1.29 is 18.6 Å². The van der Waals surface area contributed by atoms with Gasteiger partial charge >= 0.3 is 0 Å². The van der Waals surface area contributed by atoms with Crippen molar-refractivity contribution in [1.29, 1.82) is 0 Å². The van der Waals surface area contributed by atoms with E-state index in [1.807, 2.05) is 31.2 Å². The molecule has 1 atom stereocenters. The Morgan fingerprint density at radius 1 is 1.20 bits per heavy atom. The third-order valence-corrected chi connectivity index (χ3v) is 6.08. The molecule has 2 N–H and O–H groups in total. The van der Waals surface area contributed by atoms with E-state index in [0.717, 1.165) is 35.2 Å². The lowest BCUT2D eigenvalue weighted by Crippen LogP contribution is -2.23. The molecule has 0 spiro atoms. The smallest absolute Gasteiger partial charge is 0.281 e. The summed E-state index contributed by atoms with van der Waals surface area (Å²) in [6.07, 6.45) is 7.05. The molecule has 0 amide bonds. The van der Waals surface area contributed by atoms with Gasteiger partial charge in [-0.15, -0.1) is 0 Å². The normalized spacial score (nSPS) is 17.1. The van der Waals surface area contributed by atoms with Crippen LogP contribution in [0.5, 0.6) is 11.5 Å². The van der Waals surface area contributed by atoms with Crippen LogP contribution in [0.3, 0.4) is 0 Å². The number of hydrogen-bond donors (Lipinski definition) is 1. The number of halogens is 1. The minimum Gasteiger partial charge on any atom is -0.464 e. The van der Waals surface area contributed by atoms with Crippen molar-refractivity contribution in [2.45, 2.75) is 25.7 Å². The zero-order valence-electron chi connectivity index (χ0n) is 19.5. The number of nitrogens with zero attached hydrogens (tertiary/aromatic N) is 3. The molecule has 5 rings (SSSR count). The maximum absolute atomic E-state index is 14.4. The molecule has 4 heterocycles. The van der Waals surface area contributed by atoms with Gasteiger partial charge in [0.1, 0.15) is 18.1 Å². The molecule has 0 radical (unpaired) electrons. The fraction of sp³-hybridized carbons (Fsp3) is 0.296. The first-order chi connectivity index (χ1) is 17.1. The molecule has 3 aromatic rings. The van der Waals surface area contributed by atoms with Crippen LogP contribution in [0.2, 0.25) is 0 Å². The molecule has 35 heavy (non-hydrogen) atoms. The summed E-state index contributed by atoms with van der Waals surface area (Å²) in [5.74, 6) is 0.564. The van der Waals surface area contributed by atoms with Crippen molar-refractivity contribution >= 4 is 11.6 Å². The Balaban J connectivity index is 1.56. The summed E-state index contributed by atoms with van der Waals surface area (Å²) in [7, 11) is 0. The topological polar surface area (TPSA) is 91.9 Å². The van der Waals surface area contributed by atoms with Crippen LogP contribution in [0.1, 0.15) is 42.5 Å². The van der Waals surface area contributed by atoms with E-state index in [2.05, 4.69) is 21.0 Å². The van der Waals surface area contributed by atoms with E-state index >= 15 is 0 Å². The van der Waals surface area contributed by atoms with E-state index in [1.165, 1.54) is 6.20 Å². The SMILES string of the molecule is CCCN=C(N)OCC1c2cc(-c3cccnc3F)ccc2Oc2cnc(C3=CCCOC3)cc21. The first kappa shape index (κ1) is 23.0. The van der Waals surface area contributed by atoms with Crippen LogP contribution < -0.4 is 10.5 Å². The molecule has 7 nitrogen and oxygen atoms in total. The van der Waals surface area contributed by atoms with Gasteiger partial charge in [0.05, 0.1) is 31.0 Å². The number of aromatic nitrogens is 2. The van der Waals surface area contributed by atoms with Crippen LogP contribution in [0.25, 0.3) is 16.7 Å². The van der Waals surface area contributed by atoms with Crippen LogP contribution in [0, 0.1) is 5.95 Å². The van der Waals surface area contributed by atoms with Gasteiger partial charge in [-0.3, -0.25) is 4.98 Å². The number of ether oxygens (including phenoxy) is 3. The molecule has 2 aliphatic heterocycles. The van der Waals surface area contributed by atoms with Gasteiger partial charge in [-0.2, -0.15) is 4.39 Å². The van der Waals surface area contributed by atoms with Gasteiger partial charge in [0.15, 0.2) is 0 Å². The molecule has 0 saturated carbocycles. The van der Waals surface area contributed by atoms with Gasteiger partial charge in [-0.1, -0.05) is 19.1 Å². The van der Waals surface area contributed by atoms with Crippen LogP contribution in [-0.2, 0) is 9.47 Å². The highest BCUT2D eigenvalue weighted by molar-refractivity contribution is 5.72. The Morgan fingerprint density at radius 3 is 2.89 bits per heavy atom. The lowest BCUT2D eigenvalue weighted by molar-refractivity contribution is 0.164. The first-order valence-electron chi connectivity index (χ1n) is 11.8. The van der Waals surface area contributed by atoms with Crippen LogP contribution in [0.15, 0.2) is 59.9 Å². The summed E-state index contributed by atoms with van der Waals surface area (Å²) in [6, 6.07) is 11.2. The molecule has 180 valence electrons. The molecule has 2 aromatic heterocycles. The highest BCUT2D eigenvalue weighted by Gasteiger charge is 2.30. The minimum atomic E-state index is -0.524. The summed E-state index contributed by atoms with van der Waals surface area (Å²) in [4.78, 5) is 12.7. The van der Waals surface area contributed by atoms with Crippen molar-refractivity contribution in [3.8, 4) is 22.6 Å². The lowest BCUT2D eigenvalue weighted by Gasteiger charge is -2.29. The van der Waals surface area contributed by atoms with E-state index in [1.54, 1.807) is 18.3 Å². The lowest BCUT2D eigenvalue weighted by atomic mass is 9.86.